The average molecular weight is 268 g/mol. The van der Waals surface area contributed by atoms with E-state index in [9.17, 15) is 27.1 Å². The summed E-state index contributed by atoms with van der Waals surface area (Å²) in [6.07, 6.45) is -4.83. The minimum Gasteiger partial charge on any atom is -0.399 e. The summed E-state index contributed by atoms with van der Waals surface area (Å²) in [4.78, 5) is 0.775. The van der Waals surface area contributed by atoms with Crippen LogP contribution in [0.3, 0.4) is 0 Å². The number of rotatable bonds is 1. The second-order valence-electron chi connectivity index (χ2n) is 4.22. The maximum absolute atomic E-state index is 13.4. The molecule has 0 spiro atoms. The molecule has 3 N–H and O–H groups in total. The molecule has 0 saturated carbocycles. The van der Waals surface area contributed by atoms with Gasteiger partial charge < -0.3 is 15.7 Å². The largest absolute Gasteiger partial charge is 0.420 e. The number of hydrogen-bond acceptors (Lipinski definition) is 3. The molecule has 0 unspecified atom stereocenters. The molecule has 2 rings (SSSR count). The molecule has 0 radical (unpaired) electrons. The van der Waals surface area contributed by atoms with Crippen molar-refractivity contribution in [2.45, 2.75) is 11.8 Å². The van der Waals surface area contributed by atoms with Crippen LogP contribution in [0.4, 0.5) is 33.3 Å². The van der Waals surface area contributed by atoms with Crippen molar-refractivity contribution < 1.29 is 27.1 Å². The second-order valence-corrected chi connectivity index (χ2v) is 4.22. The van der Waals surface area contributed by atoms with Crippen LogP contribution >= 0.6 is 0 Å². The van der Waals surface area contributed by atoms with Crippen molar-refractivity contribution in [3.05, 3.63) is 23.8 Å². The van der Waals surface area contributed by atoms with Gasteiger partial charge in [0.15, 0.2) is 17.2 Å². The van der Waals surface area contributed by atoms with E-state index < -0.39 is 42.2 Å². The Kier molecular flexibility index (Phi) is 2.65. The molecule has 100 valence electrons. The summed E-state index contributed by atoms with van der Waals surface area (Å²) in [6.45, 7) is -1.82. The van der Waals surface area contributed by atoms with Crippen LogP contribution in [-0.4, -0.2) is 30.0 Å². The van der Waals surface area contributed by atoms with Gasteiger partial charge in [0.25, 0.3) is 0 Å². The standard InChI is InChI=1S/C10H9F5N2O/c11-6-1-5(16)2-7(12)8(6)17-3-9(18,4-17)10(13,14)15/h1-2,18H,3-4,16H2. The molecular weight excluding hydrogens is 259 g/mol. The Morgan fingerprint density at radius 3 is 2.00 bits per heavy atom. The van der Waals surface area contributed by atoms with E-state index in [4.69, 9.17) is 5.73 Å². The highest BCUT2D eigenvalue weighted by Gasteiger charge is 2.61. The first-order valence-electron chi connectivity index (χ1n) is 4.93. The molecule has 8 heteroatoms. The third kappa shape index (κ3) is 1.86. The summed E-state index contributed by atoms with van der Waals surface area (Å²) in [5.74, 6) is -2.12. The molecule has 0 aliphatic carbocycles. The number of nitrogens with zero attached hydrogens (tertiary/aromatic N) is 1. The van der Waals surface area contributed by atoms with Gasteiger partial charge in [0.05, 0.1) is 13.1 Å². The van der Waals surface area contributed by atoms with Gasteiger partial charge in [0.2, 0.25) is 0 Å². The monoisotopic (exact) mass is 268 g/mol. The zero-order valence-corrected chi connectivity index (χ0v) is 8.93. The number of nitrogens with two attached hydrogens (primary N) is 1. The number of benzene rings is 1. The van der Waals surface area contributed by atoms with Crippen LogP contribution in [-0.2, 0) is 0 Å². The van der Waals surface area contributed by atoms with E-state index in [1.54, 1.807) is 0 Å². The smallest absolute Gasteiger partial charge is 0.399 e. The molecule has 3 nitrogen and oxygen atoms in total. The van der Waals surface area contributed by atoms with E-state index in [0.717, 1.165) is 17.0 Å². The summed E-state index contributed by atoms with van der Waals surface area (Å²) in [5, 5.41) is 9.18. The minimum atomic E-state index is -4.83. The molecule has 0 aromatic heterocycles. The van der Waals surface area contributed by atoms with E-state index in [1.165, 1.54) is 0 Å². The number of halogens is 5. The number of hydrogen-bond donors (Lipinski definition) is 2. The summed E-state index contributed by atoms with van der Waals surface area (Å²) in [7, 11) is 0. The quantitative estimate of drug-likeness (QED) is 0.601. The van der Waals surface area contributed by atoms with Crippen LogP contribution in [0.15, 0.2) is 12.1 Å². The van der Waals surface area contributed by atoms with E-state index >= 15 is 0 Å². The fourth-order valence-corrected chi connectivity index (χ4v) is 1.81. The number of anilines is 2. The van der Waals surface area contributed by atoms with E-state index in [0.29, 0.717) is 0 Å². The molecule has 0 bridgehead atoms. The Balaban J connectivity index is 2.24. The topological polar surface area (TPSA) is 49.5 Å². The van der Waals surface area contributed by atoms with Crippen molar-refractivity contribution in [1.82, 2.24) is 0 Å². The summed E-state index contributed by atoms with van der Waals surface area (Å²) in [5.41, 5.74) is 1.48. The molecule has 1 saturated heterocycles. The van der Waals surface area contributed by atoms with Gasteiger partial charge in [-0.1, -0.05) is 0 Å². The van der Waals surface area contributed by atoms with Crippen molar-refractivity contribution >= 4 is 11.4 Å². The Morgan fingerprint density at radius 2 is 1.61 bits per heavy atom. The van der Waals surface area contributed by atoms with Gasteiger partial charge in [0.1, 0.15) is 5.69 Å². The average Bonchev–Trinajstić information content (AvgIpc) is 2.10. The van der Waals surface area contributed by atoms with E-state index in [1.807, 2.05) is 0 Å². The lowest BCUT2D eigenvalue weighted by molar-refractivity contribution is -0.267. The van der Waals surface area contributed by atoms with Gasteiger partial charge in [-0.3, -0.25) is 0 Å². The van der Waals surface area contributed by atoms with Gasteiger partial charge in [0, 0.05) is 5.69 Å². The summed E-state index contributed by atoms with van der Waals surface area (Å²) >= 11 is 0. The highest BCUT2D eigenvalue weighted by molar-refractivity contribution is 5.58. The predicted octanol–water partition coefficient (Wildman–Crippen LogP) is 1.66. The van der Waals surface area contributed by atoms with Crippen molar-refractivity contribution in [2.24, 2.45) is 0 Å². The highest BCUT2D eigenvalue weighted by atomic mass is 19.4. The maximum Gasteiger partial charge on any atom is 0.420 e. The Labute approximate surface area is 98.6 Å². The lowest BCUT2D eigenvalue weighted by Crippen LogP contribution is -2.69. The SMILES string of the molecule is Nc1cc(F)c(N2CC(O)(C(F)(F)F)C2)c(F)c1. The van der Waals surface area contributed by atoms with Gasteiger partial charge in [-0.25, -0.2) is 8.78 Å². The molecule has 1 fully saturated rings. The highest BCUT2D eigenvalue weighted by Crippen LogP contribution is 2.41. The third-order valence-electron chi connectivity index (χ3n) is 2.79. The van der Waals surface area contributed by atoms with E-state index in [-0.39, 0.29) is 5.69 Å². The first-order valence-corrected chi connectivity index (χ1v) is 4.93. The number of alkyl halides is 3. The van der Waals surface area contributed by atoms with Gasteiger partial charge in [-0.15, -0.1) is 0 Å². The number of aliphatic hydroxyl groups is 1. The predicted molar refractivity (Wildman–Crippen MR) is 54.0 cm³/mol. The first-order chi connectivity index (χ1) is 8.14. The molecular formula is C10H9F5N2O. The molecule has 0 atom stereocenters. The van der Waals surface area contributed by atoms with Crippen molar-refractivity contribution in [2.75, 3.05) is 23.7 Å². The second kappa shape index (κ2) is 3.71. The molecule has 1 aliphatic heterocycles. The Hall–Kier alpha value is -1.57. The first kappa shape index (κ1) is 12.9. The Bertz CT molecular complexity index is 459. The van der Waals surface area contributed by atoms with Crippen LogP contribution in [0.25, 0.3) is 0 Å². The van der Waals surface area contributed by atoms with Crippen LogP contribution in [0.1, 0.15) is 0 Å². The van der Waals surface area contributed by atoms with Crippen molar-refractivity contribution in [1.29, 1.82) is 0 Å². The maximum atomic E-state index is 13.4. The van der Waals surface area contributed by atoms with Gasteiger partial charge in [-0.2, -0.15) is 13.2 Å². The van der Waals surface area contributed by atoms with Gasteiger partial charge in [-0.05, 0) is 12.1 Å². The van der Waals surface area contributed by atoms with Crippen molar-refractivity contribution in [3.8, 4) is 0 Å². The zero-order valence-electron chi connectivity index (χ0n) is 8.93. The Morgan fingerprint density at radius 1 is 1.17 bits per heavy atom. The normalized spacial score (nSPS) is 18.7. The molecule has 1 aromatic carbocycles. The molecule has 1 aliphatic rings. The zero-order chi connectivity index (χ0) is 13.7. The summed E-state index contributed by atoms with van der Waals surface area (Å²) in [6, 6.07) is 1.62. The third-order valence-corrected chi connectivity index (χ3v) is 2.79. The summed E-state index contributed by atoms with van der Waals surface area (Å²) < 4.78 is 63.9. The fourth-order valence-electron chi connectivity index (χ4n) is 1.81. The lowest BCUT2D eigenvalue weighted by atomic mass is 9.92. The van der Waals surface area contributed by atoms with Crippen LogP contribution in [0.2, 0.25) is 0 Å². The van der Waals surface area contributed by atoms with E-state index in [2.05, 4.69) is 0 Å². The number of nitrogen functional groups attached to an aromatic ring is 1. The van der Waals surface area contributed by atoms with Gasteiger partial charge >= 0.3 is 6.18 Å². The number of β-amino-alcohol motifs (C(OH)–C–C–N with tert-alkyl or cyclic N) is 1. The minimum absolute atomic E-state index is 0.166. The van der Waals surface area contributed by atoms with Crippen LogP contribution in [0, 0.1) is 11.6 Å². The molecule has 1 aromatic rings. The fraction of sp³-hybridized carbons (Fsp3) is 0.400. The lowest BCUT2D eigenvalue weighted by Gasteiger charge is -2.48. The van der Waals surface area contributed by atoms with Crippen LogP contribution < -0.4 is 10.6 Å². The van der Waals surface area contributed by atoms with Crippen LogP contribution in [0.5, 0.6) is 0 Å². The molecule has 1 heterocycles. The van der Waals surface area contributed by atoms with Crippen molar-refractivity contribution in [3.63, 3.8) is 0 Å². The molecule has 0 amide bonds. The molecule has 18 heavy (non-hydrogen) atoms.